The minimum atomic E-state index is -3.60. The van der Waals surface area contributed by atoms with Gasteiger partial charge in [-0.2, -0.15) is 0 Å². The first kappa shape index (κ1) is 28.1. The summed E-state index contributed by atoms with van der Waals surface area (Å²) in [4.78, 5) is 39.7. The highest BCUT2D eigenvalue weighted by Gasteiger charge is 2.38. The molecule has 3 amide bonds. The molecule has 41 heavy (non-hydrogen) atoms. The number of nitrogens with one attached hydrogen (secondary N) is 1. The summed E-state index contributed by atoms with van der Waals surface area (Å²) in [5.41, 5.74) is 1.28. The molecule has 4 aromatic carbocycles. The molecule has 208 valence electrons. The molecule has 0 unspecified atom stereocenters. The Morgan fingerprint density at radius 2 is 1.51 bits per heavy atom. The Hall–Kier alpha value is -4.48. The molecule has 0 bridgehead atoms. The Morgan fingerprint density at radius 3 is 2.22 bits per heavy atom. The maximum Gasteiger partial charge on any atom is 0.266 e. The molecular weight excluding hydrogens is 612 g/mol. The molecule has 5 rings (SSSR count). The monoisotopic (exact) mass is 634 g/mol. The maximum absolute atomic E-state index is 13.2. The van der Waals surface area contributed by atoms with Gasteiger partial charge < -0.3 is 14.8 Å². The van der Waals surface area contributed by atoms with Crippen LogP contribution in [0.2, 0.25) is 0 Å². The van der Waals surface area contributed by atoms with Crippen molar-refractivity contribution in [1.29, 1.82) is 0 Å². The number of methoxy groups -OCH3 is 1. The number of imide groups is 1. The smallest absolute Gasteiger partial charge is 0.266 e. The minimum absolute atomic E-state index is 0.153. The van der Waals surface area contributed by atoms with Gasteiger partial charge in [-0.3, -0.25) is 14.4 Å². The summed E-state index contributed by atoms with van der Waals surface area (Å²) in [5.74, 6) is -0.528. The van der Waals surface area contributed by atoms with E-state index in [0.717, 1.165) is 9.37 Å². The van der Waals surface area contributed by atoms with Crippen LogP contribution in [0.15, 0.2) is 100 Å². The van der Waals surface area contributed by atoms with Gasteiger partial charge in [0, 0.05) is 16.6 Å². The highest BCUT2D eigenvalue weighted by atomic mass is 79.9. The van der Waals surface area contributed by atoms with Crippen LogP contribution in [0.25, 0.3) is 0 Å². The Kier molecular flexibility index (Phi) is 7.91. The predicted molar refractivity (Wildman–Crippen MR) is 157 cm³/mol. The summed E-state index contributed by atoms with van der Waals surface area (Å²) in [6.45, 7) is 0. The summed E-state index contributed by atoms with van der Waals surface area (Å²) in [6.07, 6.45) is -0.204. The van der Waals surface area contributed by atoms with Crippen molar-refractivity contribution in [2.45, 2.75) is 11.3 Å². The number of amides is 3. The highest BCUT2D eigenvalue weighted by Crippen LogP contribution is 2.36. The molecule has 4 aromatic rings. The summed E-state index contributed by atoms with van der Waals surface area (Å²) in [5, 5.41) is 2.68. The standard InChI is InChI=1S/C30H23BrN2O7S/c1-39-27-5-3-2-4-26(27)33-29(35)24-15-12-22(18-25(24)30(33)36)40-21-10-8-20(9-11-21)32-28(34)16-17-41(37,38)23-13-6-19(31)7-14-23/h2-15,18H,16-17H2,1H3,(H,32,34). The van der Waals surface area contributed by atoms with E-state index < -0.39 is 27.6 Å². The average molecular weight is 635 g/mol. The minimum Gasteiger partial charge on any atom is -0.495 e. The number of halogens is 1. The Morgan fingerprint density at radius 1 is 0.854 bits per heavy atom. The molecule has 9 nitrogen and oxygen atoms in total. The van der Waals surface area contributed by atoms with E-state index in [2.05, 4.69) is 21.2 Å². The molecule has 0 spiro atoms. The molecular formula is C30H23BrN2O7S. The van der Waals surface area contributed by atoms with E-state index in [1.54, 1.807) is 66.7 Å². The Balaban J connectivity index is 1.21. The second kappa shape index (κ2) is 11.6. The molecule has 0 aliphatic carbocycles. The first-order valence-electron chi connectivity index (χ1n) is 12.4. The van der Waals surface area contributed by atoms with E-state index in [1.165, 1.54) is 31.4 Å². The zero-order chi connectivity index (χ0) is 29.1. The van der Waals surface area contributed by atoms with Gasteiger partial charge in [0.15, 0.2) is 9.84 Å². The van der Waals surface area contributed by atoms with Crippen molar-refractivity contribution in [3.63, 3.8) is 0 Å². The molecule has 0 saturated heterocycles. The predicted octanol–water partition coefficient (Wildman–Crippen LogP) is 5.85. The van der Waals surface area contributed by atoms with E-state index >= 15 is 0 Å². The Bertz CT molecular complexity index is 1750. The van der Waals surface area contributed by atoms with Crippen LogP contribution < -0.4 is 19.7 Å². The van der Waals surface area contributed by atoms with Gasteiger partial charge in [-0.15, -0.1) is 0 Å². The van der Waals surface area contributed by atoms with Crippen LogP contribution in [0.1, 0.15) is 27.1 Å². The lowest BCUT2D eigenvalue weighted by Gasteiger charge is -2.16. The van der Waals surface area contributed by atoms with Gasteiger partial charge in [0.2, 0.25) is 5.91 Å². The van der Waals surface area contributed by atoms with Gasteiger partial charge in [0.25, 0.3) is 11.8 Å². The largest absolute Gasteiger partial charge is 0.495 e. The van der Waals surface area contributed by atoms with Crippen LogP contribution in [0.5, 0.6) is 17.2 Å². The lowest BCUT2D eigenvalue weighted by atomic mass is 10.1. The van der Waals surface area contributed by atoms with E-state index in [9.17, 15) is 22.8 Å². The summed E-state index contributed by atoms with van der Waals surface area (Å²) in [7, 11) is -2.13. The first-order valence-corrected chi connectivity index (χ1v) is 14.8. The third-order valence-corrected chi connectivity index (χ3v) is 8.59. The van der Waals surface area contributed by atoms with Gasteiger partial charge in [-0.05, 0) is 78.9 Å². The van der Waals surface area contributed by atoms with Gasteiger partial charge in [-0.1, -0.05) is 28.1 Å². The van der Waals surface area contributed by atoms with E-state index in [-0.39, 0.29) is 28.2 Å². The van der Waals surface area contributed by atoms with Crippen LogP contribution >= 0.6 is 15.9 Å². The van der Waals surface area contributed by atoms with Gasteiger partial charge in [-0.25, -0.2) is 13.3 Å². The number of sulfone groups is 1. The SMILES string of the molecule is COc1ccccc1N1C(=O)c2ccc(Oc3ccc(NC(=O)CCS(=O)(=O)c4ccc(Br)cc4)cc3)cc2C1=O. The van der Waals surface area contributed by atoms with Gasteiger partial charge >= 0.3 is 0 Å². The van der Waals surface area contributed by atoms with Crippen LogP contribution in [0, 0.1) is 0 Å². The molecule has 1 aliphatic heterocycles. The number of carbonyl (C=O) groups is 3. The van der Waals surface area contributed by atoms with E-state index in [0.29, 0.717) is 28.6 Å². The number of anilines is 2. The van der Waals surface area contributed by atoms with E-state index in [1.807, 2.05) is 0 Å². The van der Waals surface area contributed by atoms with Crippen molar-refractivity contribution in [3.05, 3.63) is 107 Å². The number of hydrogen-bond acceptors (Lipinski definition) is 7. The van der Waals surface area contributed by atoms with Crippen molar-refractivity contribution in [1.82, 2.24) is 0 Å². The summed E-state index contributed by atoms with van der Waals surface area (Å²) < 4.78 is 36.9. The van der Waals surface area contributed by atoms with Crippen LogP contribution in [0.3, 0.4) is 0 Å². The second-order valence-electron chi connectivity index (χ2n) is 9.02. The van der Waals surface area contributed by atoms with Crippen molar-refractivity contribution in [2.24, 2.45) is 0 Å². The normalized spacial score (nSPS) is 12.7. The van der Waals surface area contributed by atoms with Crippen molar-refractivity contribution >= 4 is 54.9 Å². The fraction of sp³-hybridized carbons (Fsp3) is 0.100. The van der Waals surface area contributed by atoms with Crippen molar-refractivity contribution in [3.8, 4) is 17.2 Å². The quantitative estimate of drug-likeness (QED) is 0.229. The fourth-order valence-corrected chi connectivity index (χ4v) is 5.77. The van der Waals surface area contributed by atoms with Crippen LogP contribution in [0.4, 0.5) is 11.4 Å². The molecule has 0 radical (unpaired) electrons. The number of fused-ring (bicyclic) bond motifs is 1. The summed E-state index contributed by atoms with van der Waals surface area (Å²) >= 11 is 3.27. The lowest BCUT2D eigenvalue weighted by molar-refractivity contribution is -0.115. The number of hydrogen-bond donors (Lipinski definition) is 1. The average Bonchev–Trinajstić information content (AvgIpc) is 3.22. The third kappa shape index (κ3) is 6.01. The first-order chi connectivity index (χ1) is 19.7. The van der Waals surface area contributed by atoms with Gasteiger partial charge in [0.1, 0.15) is 17.2 Å². The highest BCUT2D eigenvalue weighted by molar-refractivity contribution is 9.10. The zero-order valence-electron chi connectivity index (χ0n) is 21.7. The molecule has 1 heterocycles. The molecule has 0 fully saturated rings. The van der Waals surface area contributed by atoms with Gasteiger partial charge in [0.05, 0.1) is 34.6 Å². The lowest BCUT2D eigenvalue weighted by Crippen LogP contribution is -2.29. The number of carbonyl (C=O) groups excluding carboxylic acids is 3. The third-order valence-electron chi connectivity index (χ3n) is 6.33. The fourth-order valence-electron chi connectivity index (χ4n) is 4.27. The molecule has 1 aliphatic rings. The number of para-hydroxylation sites is 2. The topological polar surface area (TPSA) is 119 Å². The zero-order valence-corrected chi connectivity index (χ0v) is 24.1. The maximum atomic E-state index is 13.2. The molecule has 11 heteroatoms. The second-order valence-corrected chi connectivity index (χ2v) is 12.0. The van der Waals surface area contributed by atoms with E-state index in [4.69, 9.17) is 9.47 Å². The molecule has 0 aromatic heterocycles. The Labute approximate surface area is 244 Å². The number of nitrogens with zero attached hydrogens (tertiary/aromatic N) is 1. The molecule has 0 atom stereocenters. The van der Waals surface area contributed by atoms with Crippen LogP contribution in [-0.2, 0) is 14.6 Å². The summed E-state index contributed by atoms with van der Waals surface area (Å²) in [6, 6.07) is 24.1. The van der Waals surface area contributed by atoms with Crippen molar-refractivity contribution in [2.75, 3.05) is 23.1 Å². The number of rotatable bonds is 9. The molecule has 1 N–H and O–H groups in total. The number of ether oxygens (including phenoxy) is 2. The molecule has 0 saturated carbocycles. The van der Waals surface area contributed by atoms with Crippen LogP contribution in [-0.4, -0.2) is 39.0 Å². The van der Waals surface area contributed by atoms with Crippen molar-refractivity contribution < 1.29 is 32.3 Å². The number of benzene rings is 4.